The Morgan fingerprint density at radius 3 is 3.06 bits per heavy atom. The van der Waals surface area contributed by atoms with Crippen molar-refractivity contribution in [2.24, 2.45) is 7.05 Å². The molecule has 1 N–H and O–H groups in total. The highest BCUT2D eigenvalue weighted by molar-refractivity contribution is 5.76. The summed E-state index contributed by atoms with van der Waals surface area (Å²) in [7, 11) is 2.02. The van der Waals surface area contributed by atoms with Gasteiger partial charge < -0.3 is 9.88 Å². The summed E-state index contributed by atoms with van der Waals surface area (Å²) in [5, 5.41) is 3.58. The quantitative estimate of drug-likeness (QED) is 0.815. The Balaban J connectivity index is 2.12. The Kier molecular flexibility index (Phi) is 2.59. The zero-order valence-electron chi connectivity index (χ0n) is 10.4. The van der Waals surface area contributed by atoms with E-state index in [2.05, 4.69) is 25.9 Å². The lowest BCUT2D eigenvalue weighted by atomic mass is 9.98. The van der Waals surface area contributed by atoms with Crippen molar-refractivity contribution in [1.29, 1.82) is 0 Å². The van der Waals surface area contributed by atoms with Gasteiger partial charge in [-0.15, -0.1) is 0 Å². The van der Waals surface area contributed by atoms with E-state index in [1.165, 1.54) is 24.8 Å². The van der Waals surface area contributed by atoms with Crippen molar-refractivity contribution >= 4 is 11.2 Å². The third-order valence-corrected chi connectivity index (χ3v) is 3.70. The van der Waals surface area contributed by atoms with Gasteiger partial charge in [-0.25, -0.2) is 9.97 Å². The summed E-state index contributed by atoms with van der Waals surface area (Å²) in [4.78, 5) is 9.08. The van der Waals surface area contributed by atoms with E-state index in [-0.39, 0.29) is 0 Å². The van der Waals surface area contributed by atoms with E-state index in [4.69, 9.17) is 0 Å². The summed E-state index contributed by atoms with van der Waals surface area (Å²) in [6, 6.07) is 2.56. The number of fused-ring (bicyclic) bond motifs is 1. The second kappa shape index (κ2) is 4.11. The van der Waals surface area contributed by atoms with Gasteiger partial charge in [-0.2, -0.15) is 0 Å². The number of nitrogens with zero attached hydrogens (tertiary/aromatic N) is 3. The molecule has 0 aromatic carbocycles. The predicted molar refractivity (Wildman–Crippen MR) is 67.8 cm³/mol. The van der Waals surface area contributed by atoms with Gasteiger partial charge in [-0.1, -0.05) is 6.42 Å². The average Bonchev–Trinajstić information content (AvgIpc) is 2.67. The van der Waals surface area contributed by atoms with Crippen LogP contribution in [0.5, 0.6) is 0 Å². The summed E-state index contributed by atoms with van der Waals surface area (Å²) in [5.74, 6) is 1.02. The molecule has 1 unspecified atom stereocenters. The molecule has 0 radical (unpaired) electrons. The van der Waals surface area contributed by atoms with Crippen LogP contribution in [-0.4, -0.2) is 21.1 Å². The van der Waals surface area contributed by atoms with Crippen LogP contribution in [-0.2, 0) is 7.05 Å². The molecule has 4 heteroatoms. The Morgan fingerprint density at radius 2 is 2.29 bits per heavy atom. The molecule has 0 saturated carbocycles. The van der Waals surface area contributed by atoms with E-state index < -0.39 is 0 Å². The van der Waals surface area contributed by atoms with Gasteiger partial charge in [0.05, 0.1) is 0 Å². The Morgan fingerprint density at radius 1 is 1.41 bits per heavy atom. The van der Waals surface area contributed by atoms with Crippen molar-refractivity contribution < 1.29 is 0 Å². The van der Waals surface area contributed by atoms with Gasteiger partial charge in [0, 0.05) is 24.8 Å². The van der Waals surface area contributed by atoms with Crippen molar-refractivity contribution in [3.8, 4) is 0 Å². The van der Waals surface area contributed by atoms with Crippen LogP contribution < -0.4 is 5.32 Å². The predicted octanol–water partition coefficient (Wildman–Crippen LogP) is 2.09. The Bertz CT molecular complexity index is 538. The maximum atomic E-state index is 4.65. The average molecular weight is 230 g/mol. The van der Waals surface area contributed by atoms with Gasteiger partial charge in [0.25, 0.3) is 0 Å². The van der Waals surface area contributed by atoms with E-state index in [0.717, 1.165) is 23.5 Å². The van der Waals surface area contributed by atoms with Crippen LogP contribution in [0.1, 0.15) is 36.7 Å². The van der Waals surface area contributed by atoms with Crippen molar-refractivity contribution in [1.82, 2.24) is 19.9 Å². The van der Waals surface area contributed by atoms with Crippen LogP contribution >= 0.6 is 0 Å². The van der Waals surface area contributed by atoms with Crippen LogP contribution in [0.4, 0.5) is 0 Å². The molecule has 3 heterocycles. The lowest BCUT2D eigenvalue weighted by Crippen LogP contribution is -2.27. The molecule has 3 rings (SSSR count). The fraction of sp³-hybridized carbons (Fsp3) is 0.538. The molecule has 1 atom stereocenters. The van der Waals surface area contributed by atoms with Crippen LogP contribution in [0.25, 0.3) is 11.2 Å². The molecule has 0 bridgehead atoms. The van der Waals surface area contributed by atoms with Crippen LogP contribution in [0, 0.1) is 6.92 Å². The number of nitrogens with one attached hydrogen (secondary N) is 1. The molecule has 17 heavy (non-hydrogen) atoms. The van der Waals surface area contributed by atoms with Gasteiger partial charge in [-0.05, 0) is 32.4 Å². The summed E-state index contributed by atoms with van der Waals surface area (Å²) in [5.41, 5.74) is 3.36. The van der Waals surface area contributed by atoms with E-state index in [0.29, 0.717) is 6.04 Å². The molecule has 4 nitrogen and oxygen atoms in total. The number of pyridine rings is 1. The monoisotopic (exact) mass is 230 g/mol. The summed E-state index contributed by atoms with van der Waals surface area (Å²) >= 11 is 0. The molecule has 1 saturated heterocycles. The Hall–Kier alpha value is -1.42. The largest absolute Gasteiger partial charge is 0.316 e. The second-order valence-electron chi connectivity index (χ2n) is 4.79. The first-order valence-corrected chi connectivity index (χ1v) is 6.28. The van der Waals surface area contributed by atoms with Crippen LogP contribution in [0.2, 0.25) is 0 Å². The highest BCUT2D eigenvalue weighted by atomic mass is 15.1. The maximum Gasteiger partial charge on any atom is 0.160 e. The zero-order chi connectivity index (χ0) is 11.8. The number of aryl methyl sites for hydroxylation is 2. The van der Waals surface area contributed by atoms with Crippen molar-refractivity contribution in [2.45, 2.75) is 32.2 Å². The number of piperidine rings is 1. The SMILES string of the molecule is Cc1nc2c(C3CCCCN3)ccnc2n1C. The smallest absolute Gasteiger partial charge is 0.160 e. The third kappa shape index (κ3) is 1.72. The van der Waals surface area contributed by atoms with E-state index in [9.17, 15) is 0 Å². The normalized spacial score (nSPS) is 20.9. The number of hydrogen-bond donors (Lipinski definition) is 1. The van der Waals surface area contributed by atoms with Crippen LogP contribution in [0.15, 0.2) is 12.3 Å². The lowest BCUT2D eigenvalue weighted by Gasteiger charge is -2.23. The topological polar surface area (TPSA) is 42.7 Å². The van der Waals surface area contributed by atoms with Crippen molar-refractivity contribution in [3.05, 3.63) is 23.7 Å². The number of hydrogen-bond acceptors (Lipinski definition) is 3. The lowest BCUT2D eigenvalue weighted by molar-refractivity contribution is 0.414. The molecular weight excluding hydrogens is 212 g/mol. The zero-order valence-corrected chi connectivity index (χ0v) is 10.4. The first kappa shape index (κ1) is 10.7. The van der Waals surface area contributed by atoms with Crippen LogP contribution in [0.3, 0.4) is 0 Å². The number of imidazole rings is 1. The molecule has 2 aromatic heterocycles. The van der Waals surface area contributed by atoms with Gasteiger partial charge in [0.1, 0.15) is 11.3 Å². The minimum Gasteiger partial charge on any atom is -0.316 e. The molecule has 90 valence electrons. The molecule has 0 spiro atoms. The molecule has 1 aliphatic heterocycles. The van der Waals surface area contributed by atoms with Crippen molar-refractivity contribution in [3.63, 3.8) is 0 Å². The molecule has 1 aliphatic rings. The third-order valence-electron chi connectivity index (χ3n) is 3.70. The standard InChI is InChI=1S/C13H18N4/c1-9-16-12-10(11-5-3-4-7-14-11)6-8-15-13(12)17(9)2/h6,8,11,14H,3-5,7H2,1-2H3. The van der Waals surface area contributed by atoms with E-state index in [1.807, 2.05) is 20.2 Å². The van der Waals surface area contributed by atoms with Crippen molar-refractivity contribution in [2.75, 3.05) is 6.54 Å². The van der Waals surface area contributed by atoms with Gasteiger partial charge in [0.2, 0.25) is 0 Å². The molecule has 0 aliphatic carbocycles. The first-order valence-electron chi connectivity index (χ1n) is 6.28. The highest BCUT2D eigenvalue weighted by Gasteiger charge is 2.19. The first-order chi connectivity index (χ1) is 8.27. The van der Waals surface area contributed by atoms with Gasteiger partial charge in [0.15, 0.2) is 5.65 Å². The highest BCUT2D eigenvalue weighted by Crippen LogP contribution is 2.27. The van der Waals surface area contributed by atoms with E-state index in [1.54, 1.807) is 0 Å². The van der Waals surface area contributed by atoms with E-state index >= 15 is 0 Å². The molecular formula is C13H18N4. The molecule has 2 aromatic rings. The fourth-order valence-electron chi connectivity index (χ4n) is 2.61. The molecule has 1 fully saturated rings. The Labute approximate surface area is 101 Å². The van der Waals surface area contributed by atoms with Gasteiger partial charge in [-0.3, -0.25) is 0 Å². The molecule has 0 amide bonds. The minimum absolute atomic E-state index is 0.448. The number of rotatable bonds is 1. The summed E-state index contributed by atoms with van der Waals surface area (Å²) < 4.78 is 2.06. The summed E-state index contributed by atoms with van der Waals surface area (Å²) in [6.45, 7) is 3.14. The second-order valence-corrected chi connectivity index (χ2v) is 4.79. The summed E-state index contributed by atoms with van der Waals surface area (Å²) in [6.07, 6.45) is 5.68. The minimum atomic E-state index is 0.448. The van der Waals surface area contributed by atoms with Gasteiger partial charge >= 0.3 is 0 Å². The fourth-order valence-corrected chi connectivity index (χ4v) is 2.61. The number of aromatic nitrogens is 3. The maximum absolute atomic E-state index is 4.65.